The van der Waals surface area contributed by atoms with Crippen molar-refractivity contribution in [1.82, 2.24) is 16.0 Å². The molecule has 0 rings (SSSR count). The Morgan fingerprint density at radius 1 is 0.778 bits per heavy atom. The van der Waals surface area contributed by atoms with Crippen molar-refractivity contribution in [2.24, 2.45) is 33.7 Å². The number of primary amides is 1. The first kappa shape index (κ1) is 32.5. The van der Waals surface area contributed by atoms with Gasteiger partial charge in [0, 0.05) is 13.0 Å². The molecule has 36 heavy (non-hydrogen) atoms. The van der Waals surface area contributed by atoms with Gasteiger partial charge in [-0.1, -0.05) is 6.42 Å². The topological polar surface area (TPSA) is 304 Å². The molecule has 15 N–H and O–H groups in total. The zero-order valence-electron chi connectivity index (χ0n) is 20.2. The molecule has 0 aliphatic carbocycles. The van der Waals surface area contributed by atoms with Crippen LogP contribution in [0.25, 0.3) is 0 Å². The number of nitrogens with two attached hydrogens (primary N) is 5. The van der Waals surface area contributed by atoms with Gasteiger partial charge in [0.15, 0.2) is 5.96 Å². The lowest BCUT2D eigenvalue weighted by Crippen LogP contribution is -2.58. The van der Waals surface area contributed by atoms with Gasteiger partial charge in [0.1, 0.15) is 18.1 Å². The van der Waals surface area contributed by atoms with Crippen molar-refractivity contribution >= 4 is 35.6 Å². The molecule has 0 bridgehead atoms. The van der Waals surface area contributed by atoms with E-state index in [1.807, 2.05) is 0 Å². The van der Waals surface area contributed by atoms with Gasteiger partial charge in [0.25, 0.3) is 0 Å². The average Bonchev–Trinajstić information content (AvgIpc) is 2.80. The summed E-state index contributed by atoms with van der Waals surface area (Å²) in [6.07, 6.45) is 1.24. The minimum atomic E-state index is -1.44. The molecule has 0 aromatic carbocycles. The molecule has 0 fully saturated rings. The predicted octanol–water partition coefficient (Wildman–Crippen LogP) is -4.71. The van der Waals surface area contributed by atoms with Crippen molar-refractivity contribution in [3.05, 3.63) is 0 Å². The average molecular weight is 518 g/mol. The summed E-state index contributed by atoms with van der Waals surface area (Å²) in [6, 6.07) is -5.07. The van der Waals surface area contributed by atoms with E-state index < -0.39 is 60.4 Å². The summed E-state index contributed by atoms with van der Waals surface area (Å²) in [5, 5.41) is 25.9. The Morgan fingerprint density at radius 3 is 1.89 bits per heavy atom. The Bertz CT molecular complexity index is 775. The lowest BCUT2D eigenvalue weighted by molar-refractivity contribution is -0.142. The molecular formula is C20H39N9O7. The van der Waals surface area contributed by atoms with Gasteiger partial charge in [-0.2, -0.15) is 0 Å². The van der Waals surface area contributed by atoms with Gasteiger partial charge in [-0.25, -0.2) is 4.79 Å². The van der Waals surface area contributed by atoms with E-state index in [-0.39, 0.29) is 38.2 Å². The number of aliphatic carboxylic acids is 1. The number of carbonyl (C=O) groups is 5. The van der Waals surface area contributed by atoms with Crippen LogP contribution in [0.3, 0.4) is 0 Å². The largest absolute Gasteiger partial charge is 0.480 e. The fraction of sp³-hybridized carbons (Fsp3) is 0.700. The molecule has 4 amide bonds. The molecule has 0 saturated carbocycles. The lowest BCUT2D eigenvalue weighted by Gasteiger charge is -2.24. The van der Waals surface area contributed by atoms with Crippen LogP contribution in [0.1, 0.15) is 44.9 Å². The van der Waals surface area contributed by atoms with E-state index in [0.717, 1.165) is 0 Å². The maximum atomic E-state index is 12.8. The molecule has 0 saturated heterocycles. The first-order valence-corrected chi connectivity index (χ1v) is 11.5. The van der Waals surface area contributed by atoms with Crippen molar-refractivity contribution in [2.75, 3.05) is 19.7 Å². The summed E-state index contributed by atoms with van der Waals surface area (Å²) < 4.78 is 0. The molecule has 16 nitrogen and oxygen atoms in total. The van der Waals surface area contributed by atoms with Crippen LogP contribution in [-0.2, 0) is 24.0 Å². The van der Waals surface area contributed by atoms with Crippen LogP contribution < -0.4 is 44.6 Å². The molecule has 0 spiro atoms. The molecule has 0 aromatic heterocycles. The van der Waals surface area contributed by atoms with E-state index in [1.165, 1.54) is 0 Å². The van der Waals surface area contributed by atoms with Gasteiger partial charge in [-0.05, 0) is 38.6 Å². The highest BCUT2D eigenvalue weighted by Crippen LogP contribution is 2.04. The number of carbonyl (C=O) groups excluding carboxylic acids is 4. The highest BCUT2D eigenvalue weighted by Gasteiger charge is 2.30. The van der Waals surface area contributed by atoms with Crippen molar-refractivity contribution in [2.45, 2.75) is 69.1 Å². The van der Waals surface area contributed by atoms with Crippen LogP contribution in [0.5, 0.6) is 0 Å². The normalized spacial score (nSPS) is 14.0. The van der Waals surface area contributed by atoms with E-state index in [4.69, 9.17) is 28.7 Å². The van der Waals surface area contributed by atoms with E-state index >= 15 is 0 Å². The smallest absolute Gasteiger partial charge is 0.326 e. The fourth-order valence-electron chi connectivity index (χ4n) is 2.97. The molecule has 0 aromatic rings. The summed E-state index contributed by atoms with van der Waals surface area (Å²) in [5.41, 5.74) is 26.8. The van der Waals surface area contributed by atoms with E-state index in [1.54, 1.807) is 0 Å². The zero-order chi connectivity index (χ0) is 27.7. The molecule has 0 aliphatic heterocycles. The number of carboxylic acid groups (broad SMARTS) is 1. The van der Waals surface area contributed by atoms with Gasteiger partial charge in [-0.3, -0.25) is 24.2 Å². The number of unbranched alkanes of at least 4 members (excludes halogenated alkanes) is 1. The number of aliphatic imine (C=N–C) groups is 1. The first-order chi connectivity index (χ1) is 16.9. The summed E-state index contributed by atoms with van der Waals surface area (Å²) in [5.74, 6) is -4.77. The number of amides is 4. The second kappa shape index (κ2) is 17.9. The number of nitrogens with zero attached hydrogens (tertiary/aromatic N) is 1. The number of aliphatic hydroxyl groups excluding tert-OH is 1. The molecular weight excluding hydrogens is 478 g/mol. The van der Waals surface area contributed by atoms with Crippen LogP contribution in [0.2, 0.25) is 0 Å². The number of carboxylic acids is 1. The number of aliphatic hydroxyl groups is 1. The second-order valence-electron chi connectivity index (χ2n) is 8.05. The molecule has 4 unspecified atom stereocenters. The zero-order valence-corrected chi connectivity index (χ0v) is 20.2. The number of rotatable bonds is 19. The second-order valence-corrected chi connectivity index (χ2v) is 8.05. The maximum Gasteiger partial charge on any atom is 0.326 e. The minimum absolute atomic E-state index is 0.0127. The number of nitrogens with one attached hydrogen (secondary N) is 3. The highest BCUT2D eigenvalue weighted by atomic mass is 16.4. The van der Waals surface area contributed by atoms with Gasteiger partial charge in [0.05, 0.1) is 12.6 Å². The molecule has 16 heteroatoms. The molecule has 0 radical (unpaired) electrons. The van der Waals surface area contributed by atoms with Crippen LogP contribution in [-0.4, -0.2) is 89.6 Å². The van der Waals surface area contributed by atoms with Gasteiger partial charge < -0.3 is 54.8 Å². The van der Waals surface area contributed by atoms with E-state index in [9.17, 15) is 34.2 Å². The van der Waals surface area contributed by atoms with Gasteiger partial charge >= 0.3 is 5.97 Å². The number of hydrogen-bond acceptors (Lipinski definition) is 9. The standard InChI is InChI=1S/C20H39N9O7/c21-8-2-1-4-11(22)16(32)29-14(10-30)18(34)27-12(5-3-9-26-20(24)25)17(33)28-13(19(35)36)6-7-15(23)31/h11-14,30H,1-10,21-22H2,(H2,23,31)(H,27,34)(H,28,33)(H,29,32)(H,35,36)(H4,24,25,26). The molecule has 206 valence electrons. The van der Waals surface area contributed by atoms with Crippen molar-refractivity contribution < 1.29 is 34.2 Å². The molecule has 4 atom stereocenters. The maximum absolute atomic E-state index is 12.8. The van der Waals surface area contributed by atoms with Gasteiger partial charge in [-0.15, -0.1) is 0 Å². The Morgan fingerprint density at radius 2 is 1.36 bits per heavy atom. The van der Waals surface area contributed by atoms with E-state index in [2.05, 4.69) is 20.9 Å². The third kappa shape index (κ3) is 14.0. The molecule has 0 aliphatic rings. The van der Waals surface area contributed by atoms with Crippen LogP contribution in [0.4, 0.5) is 0 Å². The predicted molar refractivity (Wildman–Crippen MR) is 130 cm³/mol. The Hall–Kier alpha value is -3.50. The van der Waals surface area contributed by atoms with E-state index in [0.29, 0.717) is 25.8 Å². The quantitative estimate of drug-likeness (QED) is 0.0440. The molecule has 0 heterocycles. The van der Waals surface area contributed by atoms with Gasteiger partial charge in [0.2, 0.25) is 23.6 Å². The Balaban J connectivity index is 5.36. The third-order valence-electron chi connectivity index (χ3n) is 4.99. The number of hydrogen-bond donors (Lipinski definition) is 10. The van der Waals surface area contributed by atoms with Crippen LogP contribution in [0, 0.1) is 0 Å². The third-order valence-corrected chi connectivity index (χ3v) is 4.99. The van der Waals surface area contributed by atoms with Crippen molar-refractivity contribution in [3.8, 4) is 0 Å². The summed E-state index contributed by atoms with van der Waals surface area (Å²) in [4.78, 5) is 64.0. The van der Waals surface area contributed by atoms with Crippen LogP contribution >= 0.6 is 0 Å². The summed E-state index contributed by atoms with van der Waals surface area (Å²) in [6.45, 7) is -0.233. The minimum Gasteiger partial charge on any atom is -0.480 e. The fourth-order valence-corrected chi connectivity index (χ4v) is 2.97. The summed E-state index contributed by atoms with van der Waals surface area (Å²) >= 11 is 0. The van der Waals surface area contributed by atoms with Crippen molar-refractivity contribution in [1.29, 1.82) is 0 Å². The van der Waals surface area contributed by atoms with Crippen LogP contribution in [0.15, 0.2) is 4.99 Å². The Labute approximate surface area is 208 Å². The number of guanidine groups is 1. The first-order valence-electron chi connectivity index (χ1n) is 11.5. The SMILES string of the molecule is NCCCCC(N)C(=O)NC(CO)C(=O)NC(CCCN=C(N)N)C(=O)NC(CCC(N)=O)C(=O)O. The lowest BCUT2D eigenvalue weighted by atomic mass is 10.1. The highest BCUT2D eigenvalue weighted by molar-refractivity contribution is 5.94. The van der Waals surface area contributed by atoms with Crippen molar-refractivity contribution in [3.63, 3.8) is 0 Å². The Kier molecular flexibility index (Phi) is 16.1. The summed E-state index contributed by atoms with van der Waals surface area (Å²) in [7, 11) is 0. The monoisotopic (exact) mass is 517 g/mol.